The van der Waals surface area contributed by atoms with Gasteiger partial charge in [-0.05, 0) is 111 Å². The molecule has 2 aliphatic rings. The van der Waals surface area contributed by atoms with Gasteiger partial charge in [-0.25, -0.2) is 0 Å². The Bertz CT molecular complexity index is 2100. The number of nitrogens with zero attached hydrogens (tertiary/aromatic N) is 4. The lowest BCUT2D eigenvalue weighted by Gasteiger charge is -2.34. The molecular formula is C56H72Cl6N4O5. The molecule has 0 bridgehead atoms. The summed E-state index contributed by atoms with van der Waals surface area (Å²) in [6.07, 6.45) is 4.77. The van der Waals surface area contributed by atoms with E-state index >= 15 is 0 Å². The van der Waals surface area contributed by atoms with Crippen molar-refractivity contribution < 1.29 is 24.4 Å². The first-order valence-electron chi connectivity index (χ1n) is 23.7. The molecule has 0 saturated carbocycles. The zero-order valence-corrected chi connectivity index (χ0v) is 45.2. The van der Waals surface area contributed by atoms with Gasteiger partial charge in [0.2, 0.25) is 0 Å². The van der Waals surface area contributed by atoms with Gasteiger partial charge < -0.3 is 34.2 Å². The standard InChI is InChI=1S/2C28H33ClN2O2.4ClH.H2O/c2*29-26-13-14-28(33-27-11-5-2-6-12-27)25(22-26)23-32-21-20-31-18-16-30(17-19-31)15-7-10-24-8-3-1-4-9-24;;;;;/h2*1-6,8-9,11-14,22H,7,10,15-21,23H2;4*1H;1H2. The van der Waals surface area contributed by atoms with Crippen LogP contribution in [0.2, 0.25) is 10.0 Å². The number of aryl methyl sites for hydroxylation is 2. The molecule has 2 aliphatic heterocycles. The lowest BCUT2D eigenvalue weighted by atomic mass is 10.1. The highest BCUT2D eigenvalue weighted by Crippen LogP contribution is 2.30. The molecule has 0 aromatic heterocycles. The van der Waals surface area contributed by atoms with Crippen LogP contribution in [0.15, 0.2) is 158 Å². The second kappa shape index (κ2) is 36.3. The highest BCUT2D eigenvalue weighted by Gasteiger charge is 2.18. The molecule has 2 fully saturated rings. The Labute approximate surface area is 457 Å². The largest absolute Gasteiger partial charge is 0.457 e. The van der Waals surface area contributed by atoms with Crippen molar-refractivity contribution in [1.82, 2.24) is 19.6 Å². The Kier molecular flexibility index (Phi) is 32.5. The molecule has 9 nitrogen and oxygen atoms in total. The summed E-state index contributed by atoms with van der Waals surface area (Å²) in [5.41, 5.74) is 4.81. The third-order valence-electron chi connectivity index (χ3n) is 12.1. The number of halogens is 6. The molecule has 8 rings (SSSR count). The number of para-hydroxylation sites is 2. The molecule has 0 unspecified atom stereocenters. The van der Waals surface area contributed by atoms with E-state index in [9.17, 15) is 0 Å². The Morgan fingerprint density at radius 1 is 0.380 bits per heavy atom. The van der Waals surface area contributed by atoms with Crippen LogP contribution < -0.4 is 9.47 Å². The van der Waals surface area contributed by atoms with E-state index in [2.05, 4.69) is 80.3 Å². The van der Waals surface area contributed by atoms with Crippen molar-refractivity contribution in [2.24, 2.45) is 0 Å². The van der Waals surface area contributed by atoms with Crippen LogP contribution >= 0.6 is 72.8 Å². The van der Waals surface area contributed by atoms with Crippen molar-refractivity contribution in [2.45, 2.75) is 38.9 Å². The number of piperazine rings is 2. The Morgan fingerprint density at radius 3 is 1.03 bits per heavy atom. The summed E-state index contributed by atoms with van der Waals surface area (Å²) in [5.74, 6) is 3.19. The van der Waals surface area contributed by atoms with E-state index in [1.807, 2.05) is 97.1 Å². The number of benzene rings is 6. The topological polar surface area (TPSA) is 81.4 Å². The quantitative estimate of drug-likeness (QED) is 0.0622. The molecule has 2 saturated heterocycles. The monoisotopic (exact) mass is 1090 g/mol. The predicted molar refractivity (Wildman–Crippen MR) is 303 cm³/mol. The molecule has 6 aromatic carbocycles. The Morgan fingerprint density at radius 2 is 0.690 bits per heavy atom. The van der Waals surface area contributed by atoms with E-state index in [1.54, 1.807) is 0 Å². The molecule has 71 heavy (non-hydrogen) atoms. The zero-order chi connectivity index (χ0) is 45.4. The lowest BCUT2D eigenvalue weighted by molar-refractivity contribution is 0.0676. The molecule has 15 heteroatoms. The third kappa shape index (κ3) is 23.4. The molecule has 0 aliphatic carbocycles. The van der Waals surface area contributed by atoms with Crippen molar-refractivity contribution >= 4 is 72.8 Å². The van der Waals surface area contributed by atoms with Crippen molar-refractivity contribution in [3.63, 3.8) is 0 Å². The first-order chi connectivity index (χ1) is 32.5. The molecule has 0 radical (unpaired) electrons. The minimum Gasteiger partial charge on any atom is -0.457 e. The number of ether oxygens (including phenoxy) is 4. The Hall–Kier alpha value is -3.62. The van der Waals surface area contributed by atoms with Crippen LogP contribution in [0.3, 0.4) is 0 Å². The Balaban J connectivity index is 0.000000455. The second-order valence-electron chi connectivity index (χ2n) is 17.0. The molecule has 0 spiro atoms. The maximum atomic E-state index is 6.21. The molecule has 2 N–H and O–H groups in total. The fourth-order valence-electron chi connectivity index (χ4n) is 8.28. The molecule has 0 amide bonds. The van der Waals surface area contributed by atoms with E-state index in [1.165, 1.54) is 37.1 Å². The van der Waals surface area contributed by atoms with E-state index in [0.29, 0.717) is 36.5 Å². The van der Waals surface area contributed by atoms with Crippen LogP contribution in [0.5, 0.6) is 23.0 Å². The van der Waals surface area contributed by atoms with Gasteiger partial charge in [0, 0.05) is 86.6 Å². The third-order valence-corrected chi connectivity index (χ3v) is 12.6. The molecule has 6 aromatic rings. The molecule has 388 valence electrons. The van der Waals surface area contributed by atoms with Crippen LogP contribution in [0.4, 0.5) is 0 Å². The van der Waals surface area contributed by atoms with Crippen molar-refractivity contribution in [1.29, 1.82) is 0 Å². The summed E-state index contributed by atoms with van der Waals surface area (Å²) in [6.45, 7) is 15.6. The van der Waals surface area contributed by atoms with Gasteiger partial charge in [-0.3, -0.25) is 9.80 Å². The average Bonchev–Trinajstić information content (AvgIpc) is 3.36. The summed E-state index contributed by atoms with van der Waals surface area (Å²) in [4.78, 5) is 10.2. The van der Waals surface area contributed by atoms with Crippen molar-refractivity contribution in [2.75, 3.05) is 91.8 Å². The smallest absolute Gasteiger partial charge is 0.133 e. The molecule has 2 heterocycles. The van der Waals surface area contributed by atoms with Crippen molar-refractivity contribution in [3.8, 4) is 23.0 Å². The van der Waals surface area contributed by atoms with Gasteiger partial charge in [-0.1, -0.05) is 120 Å². The van der Waals surface area contributed by atoms with Gasteiger partial charge in [-0.2, -0.15) is 0 Å². The number of hydrogen-bond acceptors (Lipinski definition) is 8. The second-order valence-corrected chi connectivity index (χ2v) is 17.9. The fourth-order valence-corrected chi connectivity index (χ4v) is 8.67. The highest BCUT2D eigenvalue weighted by molar-refractivity contribution is 6.31. The first-order valence-corrected chi connectivity index (χ1v) is 24.4. The highest BCUT2D eigenvalue weighted by atomic mass is 35.5. The van der Waals surface area contributed by atoms with Gasteiger partial charge in [0.05, 0.1) is 26.4 Å². The number of rotatable bonds is 22. The predicted octanol–water partition coefficient (Wildman–Crippen LogP) is 12.7. The normalized spacial score (nSPS) is 13.9. The minimum absolute atomic E-state index is 0. The summed E-state index contributed by atoms with van der Waals surface area (Å²) < 4.78 is 24.1. The van der Waals surface area contributed by atoms with Crippen LogP contribution in [-0.2, 0) is 35.5 Å². The fraction of sp³-hybridized carbons (Fsp3) is 0.357. The lowest BCUT2D eigenvalue weighted by Crippen LogP contribution is -2.47. The van der Waals surface area contributed by atoms with Crippen molar-refractivity contribution in [3.05, 3.63) is 190 Å². The maximum absolute atomic E-state index is 6.21. The SMILES string of the molecule is Cl.Cl.Cl.Cl.Clc1ccc(Oc2ccccc2)c(COCCN2CCN(CCCc3ccccc3)CC2)c1.Clc1ccc(Oc2ccccc2)c(COCCN2CCN(CCCc3ccccc3)CC2)c1.O. The van der Waals surface area contributed by atoms with Gasteiger partial charge >= 0.3 is 0 Å². The van der Waals surface area contributed by atoms with Gasteiger partial charge in [0.25, 0.3) is 0 Å². The number of hydrogen-bond donors (Lipinski definition) is 0. The van der Waals surface area contributed by atoms with Crippen LogP contribution in [-0.4, -0.2) is 117 Å². The molecular weight excluding hydrogens is 1020 g/mol. The summed E-state index contributed by atoms with van der Waals surface area (Å²) in [7, 11) is 0. The maximum Gasteiger partial charge on any atom is 0.133 e. The van der Waals surface area contributed by atoms with E-state index in [-0.39, 0.29) is 55.1 Å². The van der Waals surface area contributed by atoms with Crippen LogP contribution in [0.25, 0.3) is 0 Å². The molecule has 0 atom stereocenters. The van der Waals surface area contributed by atoms with Gasteiger partial charge in [0.1, 0.15) is 23.0 Å². The zero-order valence-electron chi connectivity index (χ0n) is 40.5. The van der Waals surface area contributed by atoms with E-state index < -0.39 is 0 Å². The summed E-state index contributed by atoms with van der Waals surface area (Å²) >= 11 is 12.4. The van der Waals surface area contributed by atoms with E-state index in [0.717, 1.165) is 112 Å². The van der Waals surface area contributed by atoms with Gasteiger partial charge in [0.15, 0.2) is 0 Å². The average molecular weight is 1090 g/mol. The first kappa shape index (κ1) is 63.5. The van der Waals surface area contributed by atoms with Crippen LogP contribution in [0.1, 0.15) is 35.1 Å². The van der Waals surface area contributed by atoms with E-state index in [4.69, 9.17) is 42.1 Å². The summed E-state index contributed by atoms with van der Waals surface area (Å²) in [5, 5.41) is 1.38. The minimum atomic E-state index is 0. The van der Waals surface area contributed by atoms with Gasteiger partial charge in [-0.15, -0.1) is 49.6 Å². The summed E-state index contributed by atoms with van der Waals surface area (Å²) in [6, 6.07) is 52.5. The van der Waals surface area contributed by atoms with Crippen LogP contribution in [0, 0.1) is 0 Å².